The zero-order valence-corrected chi connectivity index (χ0v) is 49.8. The predicted octanol–water partition coefficient (Wildman–Crippen LogP) is 15.3. The quantitative estimate of drug-likeness (QED) is 0.0195. The second kappa shape index (κ2) is 54.4. The highest BCUT2D eigenvalue weighted by Crippen LogP contribution is 2.26. The fourth-order valence-electron chi connectivity index (χ4n) is 9.50. The lowest BCUT2D eigenvalue weighted by Gasteiger charge is -2.41. The normalized spacial score (nSPS) is 19.5. The minimum Gasteiger partial charge on any atom is -0.454 e. The summed E-state index contributed by atoms with van der Waals surface area (Å²) >= 11 is 0. The van der Waals surface area contributed by atoms with Gasteiger partial charge in [-0.25, -0.2) is 0 Å². The Morgan fingerprint density at radius 3 is 1.38 bits per heavy atom. The summed E-state index contributed by atoms with van der Waals surface area (Å²) in [5.74, 6) is -1.26. The molecule has 1 rings (SSSR count). The number of esters is 1. The number of carbonyl (C=O) groups excluding carboxylic acids is 2. The third-order valence-corrected chi connectivity index (χ3v) is 14.5. The van der Waals surface area contributed by atoms with Crippen LogP contribution < -0.4 is 5.32 Å². The third-order valence-electron chi connectivity index (χ3n) is 14.5. The highest BCUT2D eigenvalue weighted by molar-refractivity contribution is 5.80. The van der Waals surface area contributed by atoms with Crippen molar-refractivity contribution in [3.8, 4) is 0 Å². The molecule has 0 aromatic rings. The fraction of sp³-hybridized carbons (Fsp3) is 0.761. The molecular weight excluding hydrogens is 979 g/mol. The fourth-order valence-corrected chi connectivity index (χ4v) is 9.50. The first-order valence-corrected chi connectivity index (χ1v) is 31.9. The molecule has 78 heavy (non-hydrogen) atoms. The van der Waals surface area contributed by atoms with Crippen LogP contribution in [0.15, 0.2) is 85.1 Å². The van der Waals surface area contributed by atoms with Crippen LogP contribution in [0.3, 0.4) is 0 Å². The molecule has 11 heteroatoms. The van der Waals surface area contributed by atoms with Crippen molar-refractivity contribution in [2.24, 2.45) is 0 Å². The van der Waals surface area contributed by atoms with Crippen LogP contribution in [0.4, 0.5) is 0 Å². The Balaban J connectivity index is 2.68. The van der Waals surface area contributed by atoms with Crippen LogP contribution in [0.1, 0.15) is 265 Å². The number of amides is 1. The van der Waals surface area contributed by atoms with Gasteiger partial charge < -0.3 is 45.1 Å². The van der Waals surface area contributed by atoms with Crippen molar-refractivity contribution < 1.29 is 49.3 Å². The largest absolute Gasteiger partial charge is 0.454 e. The van der Waals surface area contributed by atoms with Crippen molar-refractivity contribution in [2.75, 3.05) is 13.2 Å². The Bertz CT molecular complexity index is 1590. The van der Waals surface area contributed by atoms with Crippen LogP contribution in [0.25, 0.3) is 0 Å². The van der Waals surface area contributed by atoms with E-state index in [2.05, 4.69) is 86.8 Å². The molecule has 8 unspecified atom stereocenters. The summed E-state index contributed by atoms with van der Waals surface area (Å²) in [5, 5.41) is 56.9. The van der Waals surface area contributed by atoms with Gasteiger partial charge in [-0.2, -0.15) is 0 Å². The lowest BCUT2D eigenvalue weighted by molar-refractivity contribution is -0.305. The molecule has 450 valence electrons. The van der Waals surface area contributed by atoms with Gasteiger partial charge in [0.1, 0.15) is 24.4 Å². The van der Waals surface area contributed by atoms with Crippen LogP contribution in [0.2, 0.25) is 0 Å². The maximum Gasteiger partial charge on any atom is 0.306 e. The van der Waals surface area contributed by atoms with Gasteiger partial charge in [0, 0.05) is 6.42 Å². The lowest BCUT2D eigenvalue weighted by atomic mass is 9.99. The van der Waals surface area contributed by atoms with E-state index in [9.17, 15) is 35.1 Å². The van der Waals surface area contributed by atoms with Crippen LogP contribution >= 0.6 is 0 Å². The van der Waals surface area contributed by atoms with Gasteiger partial charge in [0.15, 0.2) is 12.4 Å². The Labute approximate surface area is 476 Å². The average molecular weight is 1100 g/mol. The number of unbranched alkanes of at least 4 members (excludes halogenated alkanes) is 27. The van der Waals surface area contributed by atoms with Gasteiger partial charge in [-0.05, 0) is 89.9 Å². The molecule has 1 heterocycles. The molecule has 1 aliphatic heterocycles. The number of carbonyl (C=O) groups is 2. The Hall–Kier alpha value is -3.16. The molecule has 0 spiro atoms. The Morgan fingerprint density at radius 1 is 0.513 bits per heavy atom. The van der Waals surface area contributed by atoms with Gasteiger partial charge in [0.2, 0.25) is 5.91 Å². The van der Waals surface area contributed by atoms with Gasteiger partial charge >= 0.3 is 5.97 Å². The number of nitrogens with one attached hydrogen (secondary N) is 1. The molecule has 1 fully saturated rings. The number of aliphatic hydroxyl groups excluding tert-OH is 5. The molecule has 0 radical (unpaired) electrons. The molecule has 11 nitrogen and oxygen atoms in total. The summed E-state index contributed by atoms with van der Waals surface area (Å²) in [4.78, 5) is 26.5. The summed E-state index contributed by atoms with van der Waals surface area (Å²) in [6, 6.07) is -1.06. The van der Waals surface area contributed by atoms with Crippen molar-refractivity contribution in [3.63, 3.8) is 0 Å². The standard InChI is InChI=1S/C67H117NO10/c1-4-7-10-13-16-19-22-25-27-29-30-31-32-33-35-37-40-43-46-49-52-55-62(72)78-65-64(74)63(73)61(56-69)77-67(65)76-57-58(59(70)53-50-47-44-41-38-24-21-18-15-12-9-6-3)68-66(75)60(71)54-51-48-45-42-39-36-34-28-26-23-20-17-14-11-8-5-2/h8,11,17,20,25-28,36,39,45,48,50,53,58-61,63-65,67,69-71,73-74H,4-7,9-10,12-16,18-19,21-24,29-35,37-38,40-44,46-47,49,51-52,54-57H2,1-3H3,(H,68,75)/b11-8-,20-17-,27-25+,28-26-,39-36-,48-45-,53-50+. The van der Waals surface area contributed by atoms with E-state index in [1.807, 2.05) is 18.2 Å². The molecule has 0 aliphatic carbocycles. The second-order valence-electron chi connectivity index (χ2n) is 21.8. The predicted molar refractivity (Wildman–Crippen MR) is 324 cm³/mol. The summed E-state index contributed by atoms with van der Waals surface area (Å²) in [7, 11) is 0. The number of rotatable bonds is 53. The molecule has 0 aromatic carbocycles. The van der Waals surface area contributed by atoms with Crippen LogP contribution in [-0.2, 0) is 23.8 Å². The second-order valence-corrected chi connectivity index (χ2v) is 21.8. The monoisotopic (exact) mass is 1100 g/mol. The third kappa shape index (κ3) is 41.8. The van der Waals surface area contributed by atoms with E-state index in [4.69, 9.17) is 14.2 Å². The van der Waals surface area contributed by atoms with Gasteiger partial charge in [0.05, 0.1) is 25.4 Å². The molecule has 8 atom stereocenters. The van der Waals surface area contributed by atoms with E-state index in [0.29, 0.717) is 12.8 Å². The molecule has 1 amide bonds. The molecule has 1 aliphatic rings. The van der Waals surface area contributed by atoms with Gasteiger partial charge in [-0.3, -0.25) is 9.59 Å². The number of hydrogen-bond donors (Lipinski definition) is 6. The van der Waals surface area contributed by atoms with Gasteiger partial charge in [-0.1, -0.05) is 254 Å². The van der Waals surface area contributed by atoms with E-state index in [-0.39, 0.29) is 19.4 Å². The molecule has 0 bridgehead atoms. The van der Waals surface area contributed by atoms with Gasteiger partial charge in [-0.15, -0.1) is 0 Å². The van der Waals surface area contributed by atoms with Crippen molar-refractivity contribution in [1.82, 2.24) is 5.32 Å². The summed E-state index contributed by atoms with van der Waals surface area (Å²) in [5.41, 5.74) is 0. The van der Waals surface area contributed by atoms with E-state index >= 15 is 0 Å². The minimum atomic E-state index is -1.63. The Kier molecular flexibility index (Phi) is 50.8. The molecule has 0 saturated carbocycles. The number of hydrogen-bond acceptors (Lipinski definition) is 10. The van der Waals surface area contributed by atoms with Crippen LogP contribution in [0, 0.1) is 0 Å². The van der Waals surface area contributed by atoms with Crippen LogP contribution in [0.5, 0.6) is 0 Å². The Morgan fingerprint density at radius 2 is 0.923 bits per heavy atom. The first kappa shape index (κ1) is 72.9. The van der Waals surface area contributed by atoms with Crippen molar-refractivity contribution in [2.45, 2.75) is 314 Å². The zero-order chi connectivity index (χ0) is 56.8. The summed E-state index contributed by atoms with van der Waals surface area (Å²) in [6.45, 7) is 5.64. The lowest BCUT2D eigenvalue weighted by Crippen LogP contribution is -2.61. The molecule has 1 saturated heterocycles. The average Bonchev–Trinajstić information content (AvgIpc) is 3.44. The maximum absolute atomic E-state index is 13.4. The van der Waals surface area contributed by atoms with E-state index in [1.54, 1.807) is 6.08 Å². The van der Waals surface area contributed by atoms with E-state index < -0.39 is 67.4 Å². The van der Waals surface area contributed by atoms with Gasteiger partial charge in [0.25, 0.3) is 0 Å². The first-order valence-electron chi connectivity index (χ1n) is 31.9. The highest BCUT2D eigenvalue weighted by Gasteiger charge is 2.47. The highest BCUT2D eigenvalue weighted by atomic mass is 16.7. The van der Waals surface area contributed by atoms with Crippen LogP contribution in [-0.4, -0.2) is 99.6 Å². The van der Waals surface area contributed by atoms with Crippen molar-refractivity contribution >= 4 is 11.9 Å². The maximum atomic E-state index is 13.4. The van der Waals surface area contributed by atoms with Crippen molar-refractivity contribution in [1.29, 1.82) is 0 Å². The molecule has 0 aromatic heterocycles. The van der Waals surface area contributed by atoms with E-state index in [1.165, 1.54) is 141 Å². The SMILES string of the molecule is CC/C=C\C/C=C\C/C=C\C/C=C\C/C=C\CCC(O)C(=O)NC(COC1OC(CO)C(O)C(O)C1OC(=O)CCCCCCCCCCCCC/C=C/CCCCCCCC)C(O)/C=C/CCCCCCCCCCCC. The van der Waals surface area contributed by atoms with E-state index in [0.717, 1.165) is 77.0 Å². The summed E-state index contributed by atoms with van der Waals surface area (Å²) in [6.07, 6.45) is 60.6. The first-order chi connectivity index (χ1) is 38.2. The summed E-state index contributed by atoms with van der Waals surface area (Å²) < 4.78 is 17.6. The zero-order valence-electron chi connectivity index (χ0n) is 49.8. The number of ether oxygens (including phenoxy) is 3. The minimum absolute atomic E-state index is 0.114. The smallest absolute Gasteiger partial charge is 0.306 e. The molecule has 6 N–H and O–H groups in total. The molecular formula is C67H117NO10. The number of aliphatic hydroxyl groups is 5. The van der Waals surface area contributed by atoms with Crippen molar-refractivity contribution in [3.05, 3.63) is 85.1 Å². The topological polar surface area (TPSA) is 175 Å². The number of allylic oxidation sites excluding steroid dienone is 13.